The van der Waals surface area contributed by atoms with E-state index in [4.69, 9.17) is 21.8 Å². The molecule has 170 valence electrons. The van der Waals surface area contributed by atoms with Crippen LogP contribution in [0.1, 0.15) is 25.6 Å². The van der Waals surface area contributed by atoms with Crippen LogP contribution in [-0.4, -0.2) is 48.1 Å². The summed E-state index contributed by atoms with van der Waals surface area (Å²) in [5.74, 6) is -0.534. The smallest absolute Gasteiger partial charge is 0.316 e. The Morgan fingerprint density at radius 3 is 2.50 bits per heavy atom. The molecule has 2 N–H and O–H groups in total. The van der Waals surface area contributed by atoms with E-state index in [-0.39, 0.29) is 47.5 Å². The molecular formula is C19H20Br2N6O4S. The third-order valence-corrected chi connectivity index (χ3v) is 5.19. The molecule has 1 aromatic carbocycles. The van der Waals surface area contributed by atoms with Crippen LogP contribution in [0.15, 0.2) is 51.9 Å². The summed E-state index contributed by atoms with van der Waals surface area (Å²) in [5, 5.41) is 0. The Bertz CT molecular complexity index is 1490. The van der Waals surface area contributed by atoms with Gasteiger partial charge in [-0.3, -0.25) is 4.72 Å². The van der Waals surface area contributed by atoms with Crippen LogP contribution in [0.3, 0.4) is 0 Å². The van der Waals surface area contributed by atoms with Crippen LogP contribution >= 0.6 is 31.9 Å². The minimum absolute atomic E-state index is 0.00606. The van der Waals surface area contributed by atoms with E-state index in [1.807, 2.05) is 4.72 Å². The largest absolute Gasteiger partial charge is 0.473 e. The van der Waals surface area contributed by atoms with E-state index in [0.29, 0.717) is 10.0 Å². The summed E-state index contributed by atoms with van der Waals surface area (Å²) in [6.45, 7) is -7.41. The fourth-order valence-corrected chi connectivity index (χ4v) is 3.35. The summed E-state index contributed by atoms with van der Waals surface area (Å²) in [4.78, 5) is 15.5. The van der Waals surface area contributed by atoms with Gasteiger partial charge in [-0.15, -0.1) is 0 Å². The van der Waals surface area contributed by atoms with Crippen LogP contribution < -0.4 is 18.9 Å². The van der Waals surface area contributed by atoms with Gasteiger partial charge in [0.05, 0.1) is 12.8 Å². The molecule has 3 aromatic rings. The van der Waals surface area contributed by atoms with E-state index in [0.717, 1.165) is 6.33 Å². The highest BCUT2D eigenvalue weighted by Crippen LogP contribution is 2.34. The normalized spacial score (nSPS) is 16.6. The monoisotopic (exact) mass is 595 g/mol. The maximum atomic E-state index is 12.8. The Hall–Kier alpha value is -2.35. The van der Waals surface area contributed by atoms with E-state index in [2.05, 4.69) is 51.8 Å². The van der Waals surface area contributed by atoms with Crippen molar-refractivity contribution < 1.29 is 30.2 Å². The van der Waals surface area contributed by atoms with Gasteiger partial charge in [-0.05, 0) is 40.0 Å². The number of nitrogens with zero attached hydrogens (tertiary/aromatic N) is 4. The number of ether oxygens (including phenoxy) is 2. The fraction of sp³-hybridized carbons (Fsp3) is 0.263. The lowest BCUT2D eigenvalue weighted by Gasteiger charge is -2.15. The van der Waals surface area contributed by atoms with Crippen molar-refractivity contribution in [2.45, 2.75) is 13.2 Å². The number of nitrogens with one attached hydrogen (secondary N) is 2. The topological polar surface area (TPSA) is 128 Å². The van der Waals surface area contributed by atoms with Crippen LogP contribution in [-0.2, 0) is 10.2 Å². The maximum Gasteiger partial charge on any atom is 0.316 e. The predicted molar refractivity (Wildman–Crippen MR) is 127 cm³/mol. The van der Waals surface area contributed by atoms with Crippen molar-refractivity contribution in [3.05, 3.63) is 51.9 Å². The second-order valence-electron chi connectivity index (χ2n) is 5.61. The molecule has 0 amide bonds. The van der Waals surface area contributed by atoms with Crippen LogP contribution in [0.5, 0.6) is 11.9 Å². The third-order valence-electron chi connectivity index (χ3n) is 3.48. The van der Waals surface area contributed by atoms with Crippen molar-refractivity contribution in [1.29, 1.82) is 0 Å². The lowest BCUT2D eigenvalue weighted by molar-refractivity contribution is 0.202. The van der Waals surface area contributed by atoms with Gasteiger partial charge in [-0.1, -0.05) is 34.9 Å². The quantitative estimate of drug-likeness (QED) is 0.321. The summed E-state index contributed by atoms with van der Waals surface area (Å²) in [6, 6.07) is 6.18. The van der Waals surface area contributed by atoms with Crippen LogP contribution in [0, 0.1) is 0 Å². The average molecular weight is 597 g/mol. The highest BCUT2D eigenvalue weighted by Gasteiger charge is 2.19. The Balaban J connectivity index is 1.88. The van der Waals surface area contributed by atoms with Crippen molar-refractivity contribution in [3.63, 3.8) is 0 Å². The van der Waals surface area contributed by atoms with E-state index in [1.165, 1.54) is 4.72 Å². The van der Waals surface area contributed by atoms with Crippen molar-refractivity contribution in [2.75, 3.05) is 24.4 Å². The van der Waals surface area contributed by atoms with Gasteiger partial charge in [0.2, 0.25) is 5.88 Å². The third kappa shape index (κ3) is 7.08. The number of aromatic nitrogens is 4. The molecule has 0 saturated carbocycles. The highest BCUT2D eigenvalue weighted by atomic mass is 79.9. The van der Waals surface area contributed by atoms with Crippen LogP contribution in [0.4, 0.5) is 5.82 Å². The summed E-state index contributed by atoms with van der Waals surface area (Å²) in [7, 11) is -4.96. The molecule has 10 nitrogen and oxygen atoms in total. The Morgan fingerprint density at radius 2 is 1.78 bits per heavy atom. The first-order valence-corrected chi connectivity index (χ1v) is 11.6. The molecule has 2 heterocycles. The SMILES string of the molecule is [2H]c1nc(OCCOc2ncnc(NS(=O)(=O)NC([2H])([2H])C([2H])([2H])C([2H])([2H])[2H])c2-c2ccc(Br)cc2)nc([2H])c1Br. The number of halogens is 2. The van der Waals surface area contributed by atoms with Crippen LogP contribution in [0.25, 0.3) is 11.1 Å². The van der Waals surface area contributed by atoms with E-state index >= 15 is 0 Å². The first-order chi connectivity index (χ1) is 18.8. The molecule has 0 bridgehead atoms. The van der Waals surface area contributed by atoms with Gasteiger partial charge in [0.25, 0.3) is 10.2 Å². The molecule has 3 rings (SSSR count). The fourth-order valence-electron chi connectivity index (χ4n) is 2.26. The summed E-state index contributed by atoms with van der Waals surface area (Å²) < 4.78 is 109. The van der Waals surface area contributed by atoms with Gasteiger partial charge >= 0.3 is 6.01 Å². The zero-order valence-corrected chi connectivity index (χ0v) is 19.9. The molecule has 0 aliphatic carbocycles. The molecule has 13 heteroatoms. The zero-order valence-electron chi connectivity index (χ0n) is 24.9. The van der Waals surface area contributed by atoms with Crippen LogP contribution in [0.2, 0.25) is 0 Å². The number of hydrogen-bond donors (Lipinski definition) is 2. The van der Waals surface area contributed by atoms with E-state index in [9.17, 15) is 8.42 Å². The molecule has 0 radical (unpaired) electrons. The summed E-state index contributed by atoms with van der Waals surface area (Å²) in [5.41, 5.74) is 0.365. The first kappa shape index (κ1) is 14.7. The molecule has 32 heavy (non-hydrogen) atoms. The van der Waals surface area contributed by atoms with Gasteiger partial charge in [-0.25, -0.2) is 19.9 Å². The molecule has 0 atom stereocenters. The molecule has 0 unspecified atom stereocenters. The van der Waals surface area contributed by atoms with Gasteiger partial charge < -0.3 is 9.47 Å². The molecule has 0 spiro atoms. The van der Waals surface area contributed by atoms with E-state index < -0.39 is 35.7 Å². The molecule has 0 aliphatic heterocycles. The minimum atomic E-state index is -4.96. The Labute approximate surface area is 215 Å². The zero-order chi connectivity index (χ0) is 30.8. The van der Waals surface area contributed by atoms with Gasteiger partial charge in [0, 0.05) is 32.9 Å². The second-order valence-corrected chi connectivity index (χ2v) is 8.73. The van der Waals surface area contributed by atoms with Gasteiger partial charge in [0.1, 0.15) is 19.5 Å². The molecule has 0 aliphatic rings. The number of hydrogen-bond acceptors (Lipinski definition) is 8. The van der Waals surface area contributed by atoms with Crippen molar-refractivity contribution in [3.8, 4) is 23.0 Å². The second kappa shape index (κ2) is 11.5. The van der Waals surface area contributed by atoms with Gasteiger partial charge in [-0.2, -0.15) is 13.1 Å². The summed E-state index contributed by atoms with van der Waals surface area (Å²) in [6.07, 6.45) is -3.15. The standard InChI is InChI=1S/C19H20Br2N6O4S/c1-2-7-26-32(28,29)27-17-16(13-3-5-14(20)6-4-13)18(25-12-24-17)30-8-9-31-19-22-10-15(21)11-23-19/h3-6,10-12,26H,2,7-9H2,1H3,(H,24,25,27)/i1D3,2D2,7D2,10D,11D. The Morgan fingerprint density at radius 1 is 1.06 bits per heavy atom. The van der Waals surface area contributed by atoms with Crippen molar-refractivity contribution in [2.24, 2.45) is 0 Å². The lowest BCUT2D eigenvalue weighted by atomic mass is 10.1. The first-order valence-electron chi connectivity index (χ1n) is 13.0. The molecular weight excluding hydrogens is 568 g/mol. The number of anilines is 1. The van der Waals surface area contributed by atoms with E-state index in [1.54, 1.807) is 24.3 Å². The van der Waals surface area contributed by atoms with Gasteiger partial charge in [0.15, 0.2) is 5.82 Å². The predicted octanol–water partition coefficient (Wildman–Crippen LogP) is 3.57. The number of rotatable bonds is 11. The molecule has 2 aromatic heterocycles. The molecule has 0 saturated heterocycles. The maximum absolute atomic E-state index is 12.8. The van der Waals surface area contributed by atoms with Crippen molar-refractivity contribution in [1.82, 2.24) is 24.7 Å². The average Bonchev–Trinajstić information content (AvgIpc) is 2.84. The minimum Gasteiger partial charge on any atom is -0.473 e. The number of benzene rings is 1. The highest BCUT2D eigenvalue weighted by molar-refractivity contribution is 9.10. The van der Waals surface area contributed by atoms with Crippen molar-refractivity contribution >= 4 is 47.9 Å². The summed E-state index contributed by atoms with van der Waals surface area (Å²) >= 11 is 6.30. The molecule has 0 fully saturated rings. The Kier molecular flexibility index (Phi) is 5.29. The lowest BCUT2D eigenvalue weighted by Crippen LogP contribution is -2.31.